The number of methoxy groups -OCH3 is 2. The molecular formula is C19H19N5O4. The van der Waals surface area contributed by atoms with Gasteiger partial charge >= 0.3 is 0 Å². The van der Waals surface area contributed by atoms with E-state index < -0.39 is 11.8 Å². The van der Waals surface area contributed by atoms with Crippen LogP contribution in [0.3, 0.4) is 0 Å². The van der Waals surface area contributed by atoms with Gasteiger partial charge in [0.25, 0.3) is 11.8 Å². The molecule has 2 amide bonds. The number of ether oxygens (including phenoxy) is 2. The summed E-state index contributed by atoms with van der Waals surface area (Å²) in [5.41, 5.74) is 1.28. The van der Waals surface area contributed by atoms with Crippen LogP contribution in [0.1, 0.15) is 26.5 Å². The van der Waals surface area contributed by atoms with Crippen LogP contribution in [0.15, 0.2) is 48.8 Å². The fraction of sp³-hybridized carbons (Fsp3) is 0.158. The Labute approximate surface area is 161 Å². The molecule has 2 aromatic heterocycles. The maximum atomic E-state index is 12.8. The Balaban J connectivity index is 1.75. The van der Waals surface area contributed by atoms with E-state index in [1.165, 1.54) is 20.4 Å². The summed E-state index contributed by atoms with van der Waals surface area (Å²) in [7, 11) is 2.92. The lowest BCUT2D eigenvalue weighted by molar-refractivity contribution is 0.0946. The predicted octanol–water partition coefficient (Wildman–Crippen LogP) is 2.00. The molecule has 3 aromatic rings. The summed E-state index contributed by atoms with van der Waals surface area (Å²) in [5.74, 6) is -0.220. The molecule has 1 aromatic carbocycles. The van der Waals surface area contributed by atoms with Crippen molar-refractivity contribution in [3.8, 4) is 11.5 Å². The maximum Gasteiger partial charge on any atom is 0.271 e. The quantitative estimate of drug-likeness (QED) is 0.576. The molecule has 0 radical (unpaired) electrons. The molecule has 0 aliphatic rings. The minimum atomic E-state index is -0.491. The number of carbonyl (C=O) groups is 2. The van der Waals surface area contributed by atoms with Crippen molar-refractivity contribution in [3.05, 3.63) is 65.7 Å². The standard InChI is InChI=1S/C19H19N5O4/c1-27-14-7-5-8-15(28-2)16(14)18(25)23-13-11-22-24-17(13)19(26)21-10-12-6-3-4-9-20-12/h3-9,11H,10H2,1-2H3,(H,21,26)(H,22,24)(H,23,25). The van der Waals surface area contributed by atoms with Gasteiger partial charge in [0, 0.05) is 6.20 Å². The van der Waals surface area contributed by atoms with E-state index in [0.29, 0.717) is 17.2 Å². The second-order valence-corrected chi connectivity index (χ2v) is 5.65. The second kappa shape index (κ2) is 8.67. The van der Waals surface area contributed by atoms with Crippen LogP contribution in [-0.4, -0.2) is 41.2 Å². The number of H-pyrrole nitrogens is 1. The smallest absolute Gasteiger partial charge is 0.271 e. The number of amides is 2. The number of hydrogen-bond donors (Lipinski definition) is 3. The van der Waals surface area contributed by atoms with Crippen LogP contribution in [0.4, 0.5) is 5.69 Å². The number of rotatable bonds is 7. The third-order valence-electron chi connectivity index (χ3n) is 3.93. The van der Waals surface area contributed by atoms with E-state index in [1.54, 1.807) is 36.5 Å². The third kappa shape index (κ3) is 4.09. The van der Waals surface area contributed by atoms with Crippen molar-refractivity contribution in [1.82, 2.24) is 20.5 Å². The molecule has 28 heavy (non-hydrogen) atoms. The third-order valence-corrected chi connectivity index (χ3v) is 3.93. The number of pyridine rings is 1. The van der Waals surface area contributed by atoms with Crippen molar-refractivity contribution in [2.45, 2.75) is 6.54 Å². The summed E-state index contributed by atoms with van der Waals surface area (Å²) in [6, 6.07) is 10.4. The molecule has 0 spiro atoms. The fourth-order valence-corrected chi connectivity index (χ4v) is 2.58. The Hall–Kier alpha value is -3.88. The normalized spacial score (nSPS) is 10.2. The zero-order chi connectivity index (χ0) is 19.9. The zero-order valence-electron chi connectivity index (χ0n) is 15.4. The number of carbonyl (C=O) groups excluding carboxylic acids is 2. The number of hydrogen-bond acceptors (Lipinski definition) is 6. The molecule has 3 N–H and O–H groups in total. The molecule has 0 saturated heterocycles. The van der Waals surface area contributed by atoms with Gasteiger partial charge in [-0.3, -0.25) is 19.7 Å². The minimum Gasteiger partial charge on any atom is -0.496 e. The highest BCUT2D eigenvalue weighted by Crippen LogP contribution is 2.29. The Kier molecular flexibility index (Phi) is 5.85. The molecule has 0 saturated carbocycles. The van der Waals surface area contributed by atoms with E-state index in [1.807, 2.05) is 6.07 Å². The van der Waals surface area contributed by atoms with E-state index in [0.717, 1.165) is 0 Å². The topological polar surface area (TPSA) is 118 Å². The molecule has 0 unspecified atom stereocenters. The van der Waals surface area contributed by atoms with E-state index in [2.05, 4.69) is 25.8 Å². The molecule has 9 heteroatoms. The summed E-state index contributed by atoms with van der Waals surface area (Å²) in [4.78, 5) is 29.4. The van der Waals surface area contributed by atoms with Crippen molar-refractivity contribution in [2.75, 3.05) is 19.5 Å². The predicted molar refractivity (Wildman–Crippen MR) is 101 cm³/mol. The molecule has 3 rings (SSSR count). The van der Waals surface area contributed by atoms with Crippen molar-refractivity contribution < 1.29 is 19.1 Å². The molecular weight excluding hydrogens is 362 g/mol. The van der Waals surface area contributed by atoms with Crippen LogP contribution >= 0.6 is 0 Å². The highest BCUT2D eigenvalue weighted by molar-refractivity contribution is 6.10. The number of aromatic amines is 1. The summed E-state index contributed by atoms with van der Waals surface area (Å²) in [5, 5.41) is 11.8. The van der Waals surface area contributed by atoms with Crippen molar-refractivity contribution in [3.63, 3.8) is 0 Å². The molecule has 9 nitrogen and oxygen atoms in total. The lowest BCUT2D eigenvalue weighted by atomic mass is 10.1. The molecule has 144 valence electrons. The van der Waals surface area contributed by atoms with Gasteiger partial charge in [0.05, 0.1) is 38.3 Å². The monoisotopic (exact) mass is 381 g/mol. The fourth-order valence-electron chi connectivity index (χ4n) is 2.58. The number of anilines is 1. The highest BCUT2D eigenvalue weighted by Gasteiger charge is 2.21. The summed E-state index contributed by atoms with van der Waals surface area (Å²) in [6.07, 6.45) is 3.00. The van der Waals surface area contributed by atoms with Gasteiger partial charge in [-0.15, -0.1) is 0 Å². The van der Waals surface area contributed by atoms with E-state index in [4.69, 9.17) is 9.47 Å². The zero-order valence-corrected chi connectivity index (χ0v) is 15.4. The Morgan fingerprint density at radius 2 is 1.79 bits per heavy atom. The highest BCUT2D eigenvalue weighted by atomic mass is 16.5. The van der Waals surface area contributed by atoms with Crippen molar-refractivity contribution in [1.29, 1.82) is 0 Å². The first-order chi connectivity index (χ1) is 13.6. The van der Waals surface area contributed by atoms with Gasteiger partial charge in [0.15, 0.2) is 0 Å². The Morgan fingerprint density at radius 3 is 2.43 bits per heavy atom. The number of benzene rings is 1. The number of nitrogens with zero attached hydrogens (tertiary/aromatic N) is 2. The average molecular weight is 381 g/mol. The van der Waals surface area contributed by atoms with E-state index in [-0.39, 0.29) is 23.5 Å². The van der Waals surface area contributed by atoms with E-state index >= 15 is 0 Å². The van der Waals surface area contributed by atoms with Crippen molar-refractivity contribution in [2.24, 2.45) is 0 Å². The first-order valence-corrected chi connectivity index (χ1v) is 8.38. The summed E-state index contributed by atoms with van der Waals surface area (Å²) in [6.45, 7) is 0.242. The molecule has 0 aliphatic carbocycles. The molecule has 2 heterocycles. The van der Waals surface area contributed by atoms with Gasteiger partial charge in [0.1, 0.15) is 22.8 Å². The van der Waals surface area contributed by atoms with Gasteiger partial charge in [-0.1, -0.05) is 12.1 Å². The minimum absolute atomic E-state index is 0.123. The van der Waals surface area contributed by atoms with Crippen LogP contribution < -0.4 is 20.1 Å². The van der Waals surface area contributed by atoms with Gasteiger partial charge < -0.3 is 20.1 Å². The first kappa shape index (κ1) is 18.9. The Bertz CT molecular complexity index is 949. The first-order valence-electron chi connectivity index (χ1n) is 8.38. The lowest BCUT2D eigenvalue weighted by Crippen LogP contribution is -2.25. The lowest BCUT2D eigenvalue weighted by Gasteiger charge is -2.13. The Morgan fingerprint density at radius 1 is 1.04 bits per heavy atom. The molecule has 0 aliphatic heterocycles. The van der Waals surface area contributed by atoms with Crippen LogP contribution in [0.25, 0.3) is 0 Å². The van der Waals surface area contributed by atoms with Gasteiger partial charge in [0.2, 0.25) is 0 Å². The van der Waals surface area contributed by atoms with Crippen molar-refractivity contribution >= 4 is 17.5 Å². The van der Waals surface area contributed by atoms with Crippen LogP contribution in [0, 0.1) is 0 Å². The molecule has 0 atom stereocenters. The average Bonchev–Trinajstić information content (AvgIpc) is 3.20. The largest absolute Gasteiger partial charge is 0.496 e. The van der Waals surface area contributed by atoms with Crippen LogP contribution in [-0.2, 0) is 6.54 Å². The summed E-state index contributed by atoms with van der Waals surface area (Å²) < 4.78 is 10.5. The number of nitrogens with one attached hydrogen (secondary N) is 3. The summed E-state index contributed by atoms with van der Waals surface area (Å²) >= 11 is 0. The second-order valence-electron chi connectivity index (χ2n) is 5.65. The van der Waals surface area contributed by atoms with Gasteiger partial charge in [-0.25, -0.2) is 0 Å². The maximum absolute atomic E-state index is 12.8. The molecule has 0 fully saturated rings. The van der Waals surface area contributed by atoms with Gasteiger partial charge in [-0.05, 0) is 24.3 Å². The molecule has 0 bridgehead atoms. The number of aromatic nitrogens is 3. The van der Waals surface area contributed by atoms with E-state index in [9.17, 15) is 9.59 Å². The SMILES string of the molecule is COc1cccc(OC)c1C(=O)Nc1cn[nH]c1C(=O)NCc1ccccn1. The van der Waals surface area contributed by atoms with Gasteiger partial charge in [-0.2, -0.15) is 5.10 Å². The van der Waals surface area contributed by atoms with Crippen LogP contribution in [0.5, 0.6) is 11.5 Å². The van der Waals surface area contributed by atoms with Crippen LogP contribution in [0.2, 0.25) is 0 Å².